The van der Waals surface area contributed by atoms with Gasteiger partial charge >= 0.3 is 0 Å². The number of fused-ring (bicyclic) bond motifs is 1. The fraction of sp³-hybridized carbons (Fsp3) is 0.429. The summed E-state index contributed by atoms with van der Waals surface area (Å²) < 4.78 is 10.1. The first kappa shape index (κ1) is 15.7. The quantitative estimate of drug-likeness (QED) is 0.838. The maximum atomic E-state index is 12.4. The van der Waals surface area contributed by atoms with Crippen molar-refractivity contribution in [3.05, 3.63) is 29.8 Å². The Morgan fingerprint density at radius 3 is 2.95 bits per heavy atom. The highest BCUT2D eigenvalue weighted by Gasteiger charge is 2.24. The van der Waals surface area contributed by atoms with E-state index < -0.39 is 8.96 Å². The highest BCUT2D eigenvalue weighted by molar-refractivity contribution is 6.86. The summed E-state index contributed by atoms with van der Waals surface area (Å²) in [5, 5.41) is 5.80. The van der Waals surface area contributed by atoms with Gasteiger partial charge < -0.3 is 19.8 Å². The second-order valence-electron chi connectivity index (χ2n) is 4.90. The van der Waals surface area contributed by atoms with Crippen molar-refractivity contribution in [1.29, 1.82) is 0 Å². The molecule has 1 aromatic carbocycles. The number of anilines is 1. The third-order valence-electron chi connectivity index (χ3n) is 3.47. The SMILES string of the molecule is COC(=O)[Si@@H](N)CCC(=O)N1CCOCc2ccccc21. The molecular formula is C14H20N2O4Si. The first-order valence-electron chi connectivity index (χ1n) is 6.93. The molecule has 1 heterocycles. The first-order valence-corrected chi connectivity index (χ1v) is 8.99. The number of amides is 1. The van der Waals surface area contributed by atoms with E-state index in [9.17, 15) is 9.59 Å². The summed E-state index contributed by atoms with van der Waals surface area (Å²) in [6, 6.07) is 8.11. The fourth-order valence-electron chi connectivity index (χ4n) is 2.30. The molecule has 0 saturated heterocycles. The second kappa shape index (κ2) is 7.35. The smallest absolute Gasteiger partial charge is 0.285 e. The number of hydrogen-bond donors (Lipinski definition) is 1. The largest absolute Gasteiger partial charge is 0.472 e. The number of carbonyl (C=O) groups is 2. The van der Waals surface area contributed by atoms with Crippen LogP contribution in [0.25, 0.3) is 0 Å². The number of nitrogens with two attached hydrogens (primary N) is 1. The van der Waals surface area contributed by atoms with E-state index in [2.05, 4.69) is 4.74 Å². The molecular weight excluding hydrogens is 288 g/mol. The van der Waals surface area contributed by atoms with Crippen LogP contribution in [0.1, 0.15) is 12.0 Å². The van der Waals surface area contributed by atoms with Crippen molar-refractivity contribution in [2.24, 2.45) is 5.40 Å². The summed E-state index contributed by atoms with van der Waals surface area (Å²) in [6.07, 6.45) is 0.261. The van der Waals surface area contributed by atoms with Gasteiger partial charge in [0.1, 0.15) is 0 Å². The van der Waals surface area contributed by atoms with Gasteiger partial charge in [-0.25, -0.2) is 0 Å². The fourth-order valence-corrected chi connectivity index (χ4v) is 3.39. The van der Waals surface area contributed by atoms with Crippen LogP contribution >= 0.6 is 0 Å². The van der Waals surface area contributed by atoms with Crippen molar-refractivity contribution >= 4 is 26.1 Å². The summed E-state index contributed by atoms with van der Waals surface area (Å²) in [7, 11) is -0.825. The van der Waals surface area contributed by atoms with Gasteiger partial charge in [-0.1, -0.05) is 18.2 Å². The Kier molecular flexibility index (Phi) is 5.49. The Hall–Kier alpha value is -1.70. The molecule has 0 radical (unpaired) electrons. The van der Waals surface area contributed by atoms with E-state index in [4.69, 9.17) is 10.1 Å². The zero-order valence-corrected chi connectivity index (χ0v) is 13.2. The molecule has 0 unspecified atom stereocenters. The molecule has 2 rings (SSSR count). The summed E-state index contributed by atoms with van der Waals surface area (Å²) in [6.45, 7) is 1.53. The number of rotatable bonds is 4. The van der Waals surface area contributed by atoms with Crippen molar-refractivity contribution in [1.82, 2.24) is 0 Å². The van der Waals surface area contributed by atoms with Crippen LogP contribution in [0.5, 0.6) is 0 Å². The lowest BCUT2D eigenvalue weighted by atomic mass is 10.1. The Morgan fingerprint density at radius 1 is 1.43 bits per heavy atom. The van der Waals surface area contributed by atoms with Crippen LogP contribution in [-0.4, -0.2) is 40.7 Å². The van der Waals surface area contributed by atoms with Gasteiger partial charge in [-0.05, 0) is 12.1 Å². The molecule has 2 N–H and O–H groups in total. The van der Waals surface area contributed by atoms with Gasteiger partial charge in [0.2, 0.25) is 14.9 Å². The zero-order valence-electron chi connectivity index (χ0n) is 12.1. The van der Waals surface area contributed by atoms with E-state index in [1.54, 1.807) is 4.90 Å². The minimum Gasteiger partial charge on any atom is -0.472 e. The van der Waals surface area contributed by atoms with Gasteiger partial charge in [-0.15, -0.1) is 0 Å². The zero-order chi connectivity index (χ0) is 15.2. The molecule has 1 aliphatic rings. The third kappa shape index (κ3) is 3.90. The number of hydrogen-bond acceptors (Lipinski definition) is 5. The molecule has 0 fully saturated rings. The van der Waals surface area contributed by atoms with Crippen molar-refractivity contribution in [2.45, 2.75) is 19.1 Å². The van der Waals surface area contributed by atoms with E-state index in [1.165, 1.54) is 7.11 Å². The molecule has 1 atom stereocenters. The van der Waals surface area contributed by atoms with Crippen LogP contribution < -0.4 is 10.3 Å². The lowest BCUT2D eigenvalue weighted by Gasteiger charge is -2.22. The van der Waals surface area contributed by atoms with E-state index in [0.717, 1.165) is 11.3 Å². The maximum Gasteiger partial charge on any atom is 0.285 e. The van der Waals surface area contributed by atoms with E-state index in [1.807, 2.05) is 24.3 Å². The molecule has 0 bridgehead atoms. The number of para-hydroxylation sites is 1. The average molecular weight is 308 g/mol. The average Bonchev–Trinajstić information content (AvgIpc) is 2.73. The van der Waals surface area contributed by atoms with Crippen LogP contribution in [0.3, 0.4) is 0 Å². The van der Waals surface area contributed by atoms with Crippen LogP contribution in [0.15, 0.2) is 24.3 Å². The van der Waals surface area contributed by atoms with Crippen LogP contribution in [0, 0.1) is 0 Å². The van der Waals surface area contributed by atoms with Crippen LogP contribution in [-0.2, 0) is 20.9 Å². The highest BCUT2D eigenvalue weighted by Crippen LogP contribution is 2.24. The number of nitrogens with zero attached hydrogens (tertiary/aromatic N) is 1. The molecule has 0 aromatic heterocycles. The Morgan fingerprint density at radius 2 is 2.19 bits per heavy atom. The summed E-state index contributed by atoms with van der Waals surface area (Å²) in [5.74, 6) is -0.0280. The monoisotopic (exact) mass is 308 g/mol. The predicted molar refractivity (Wildman–Crippen MR) is 81.6 cm³/mol. The van der Waals surface area contributed by atoms with Crippen LogP contribution in [0.2, 0.25) is 6.04 Å². The topological polar surface area (TPSA) is 81.9 Å². The van der Waals surface area contributed by atoms with Crippen LogP contribution in [0.4, 0.5) is 10.5 Å². The molecule has 6 nitrogen and oxygen atoms in total. The molecule has 7 heteroatoms. The molecule has 21 heavy (non-hydrogen) atoms. The van der Waals surface area contributed by atoms with Gasteiger partial charge in [-0.3, -0.25) is 9.59 Å². The molecule has 0 spiro atoms. The van der Waals surface area contributed by atoms with Crippen molar-refractivity contribution in [3.8, 4) is 0 Å². The second-order valence-corrected chi connectivity index (χ2v) is 7.16. The normalized spacial score (nSPS) is 15.8. The molecule has 0 saturated carbocycles. The number of carbonyl (C=O) groups excluding carboxylic acids is 2. The molecule has 1 amide bonds. The lowest BCUT2D eigenvalue weighted by Crippen LogP contribution is -2.39. The summed E-state index contributed by atoms with van der Waals surface area (Å²) in [4.78, 5) is 25.5. The minimum absolute atomic E-state index is 0.0280. The third-order valence-corrected chi connectivity index (χ3v) is 5.23. The predicted octanol–water partition coefficient (Wildman–Crippen LogP) is 0.970. The molecule has 0 aliphatic carbocycles. The van der Waals surface area contributed by atoms with Gasteiger partial charge in [0.05, 0.1) is 20.3 Å². The van der Waals surface area contributed by atoms with Crippen molar-refractivity contribution in [3.63, 3.8) is 0 Å². The summed E-state index contributed by atoms with van der Waals surface area (Å²) in [5.41, 5.74) is 1.52. The molecule has 1 aliphatic heterocycles. The highest BCUT2D eigenvalue weighted by atomic mass is 28.3. The number of ether oxygens (including phenoxy) is 2. The number of methoxy groups -OCH3 is 1. The van der Waals surface area contributed by atoms with Crippen molar-refractivity contribution in [2.75, 3.05) is 25.2 Å². The maximum absolute atomic E-state index is 12.4. The minimum atomic E-state index is -2.14. The summed E-state index contributed by atoms with van der Waals surface area (Å²) >= 11 is 0. The Labute approximate surface area is 125 Å². The molecule has 1 aromatic rings. The molecule has 114 valence electrons. The lowest BCUT2D eigenvalue weighted by molar-refractivity contribution is -0.118. The van der Waals surface area contributed by atoms with E-state index in [-0.39, 0.29) is 17.9 Å². The van der Waals surface area contributed by atoms with Gasteiger partial charge in [0.15, 0.2) is 0 Å². The Balaban J connectivity index is 2.04. The number of benzene rings is 1. The van der Waals surface area contributed by atoms with Gasteiger partial charge in [0, 0.05) is 24.2 Å². The van der Waals surface area contributed by atoms with Gasteiger partial charge in [0.25, 0.3) is 5.59 Å². The standard InChI is InChI=1S/C14H20N2O4Si/c1-19-14(18)21(15)9-6-13(17)16-7-8-20-10-11-4-2-3-5-12(11)16/h2-5,21H,6-10,15H2,1H3/t21-/m0/s1. The van der Waals surface area contributed by atoms with E-state index >= 15 is 0 Å². The van der Waals surface area contributed by atoms with Gasteiger partial charge in [-0.2, -0.15) is 0 Å². The Bertz CT molecular complexity index is 523. The van der Waals surface area contributed by atoms with Crippen molar-refractivity contribution < 1.29 is 19.1 Å². The van der Waals surface area contributed by atoms with E-state index in [0.29, 0.717) is 25.8 Å². The first-order chi connectivity index (χ1) is 10.1.